The van der Waals surface area contributed by atoms with Gasteiger partial charge in [0.2, 0.25) is 0 Å². The molecule has 0 atom stereocenters. The van der Waals surface area contributed by atoms with Crippen LogP contribution in [-0.2, 0) is 4.79 Å². The molecule has 0 rings (SSSR count). The van der Waals surface area contributed by atoms with Gasteiger partial charge in [-0.15, -0.1) is 0 Å². The van der Waals surface area contributed by atoms with Crippen LogP contribution in [0, 0.1) is 0 Å². The molecular formula is C18H40O6Si. The lowest BCUT2D eigenvalue weighted by Crippen LogP contribution is -2.33. The highest BCUT2D eigenvalue weighted by Crippen LogP contribution is 2.13. The minimum Gasteiger partial charge on any atom is -0.481 e. The van der Waals surface area contributed by atoms with Gasteiger partial charge in [0.1, 0.15) is 0 Å². The molecule has 0 bridgehead atoms. The van der Waals surface area contributed by atoms with Gasteiger partial charge in [-0.3, -0.25) is 4.79 Å². The summed E-state index contributed by atoms with van der Waals surface area (Å²) in [5.74, 6) is -0.653. The molecule has 0 aliphatic rings. The molecule has 0 heterocycles. The molecule has 0 aliphatic carbocycles. The fourth-order valence-corrected chi connectivity index (χ4v) is 2.65. The normalized spacial score (nSPS) is 11.1. The smallest absolute Gasteiger partial charge is 0.481 e. The minimum absolute atomic E-state index is 0.345. The van der Waals surface area contributed by atoms with Gasteiger partial charge in [0.25, 0.3) is 0 Å². The van der Waals surface area contributed by atoms with Gasteiger partial charge in [0.15, 0.2) is 0 Å². The molecule has 0 fully saturated rings. The van der Waals surface area contributed by atoms with Crippen molar-refractivity contribution in [3.63, 3.8) is 0 Å². The number of carbonyl (C=O) groups is 1. The van der Waals surface area contributed by atoms with Crippen LogP contribution in [0.1, 0.15) is 110 Å². The predicted octanol–water partition coefficient (Wildman–Crippen LogP) is 3.72. The molecule has 0 aromatic heterocycles. The topological polar surface area (TPSA) is 118 Å². The average Bonchev–Trinajstić information content (AvgIpc) is 2.49. The van der Waals surface area contributed by atoms with Crippen molar-refractivity contribution in [3.8, 4) is 0 Å². The van der Waals surface area contributed by atoms with E-state index in [-0.39, 0.29) is 0 Å². The zero-order chi connectivity index (χ0) is 19.4. The van der Waals surface area contributed by atoms with Crippen molar-refractivity contribution in [3.05, 3.63) is 0 Å². The first-order valence-corrected chi connectivity index (χ1v) is 11.7. The first kappa shape index (κ1) is 26.8. The van der Waals surface area contributed by atoms with Crippen molar-refractivity contribution in [2.24, 2.45) is 0 Å². The van der Waals surface area contributed by atoms with Crippen LogP contribution in [-0.4, -0.2) is 39.3 Å². The lowest BCUT2D eigenvalue weighted by Gasteiger charge is -2.03. The first-order valence-electron chi connectivity index (χ1n) is 9.88. The van der Waals surface area contributed by atoms with Crippen molar-refractivity contribution >= 4 is 15.0 Å². The van der Waals surface area contributed by atoms with Crippen molar-refractivity contribution in [2.75, 3.05) is 0 Å². The number of hydrogen-bond acceptors (Lipinski definition) is 5. The maximum Gasteiger partial charge on any atom is 0.668 e. The van der Waals surface area contributed by atoms with Gasteiger partial charge >= 0.3 is 15.0 Å². The molecular weight excluding hydrogens is 340 g/mol. The molecule has 0 saturated heterocycles. The van der Waals surface area contributed by atoms with Crippen LogP contribution in [0.2, 0.25) is 0 Å². The second-order valence-electron chi connectivity index (χ2n) is 6.69. The van der Waals surface area contributed by atoms with Crippen LogP contribution in [0.15, 0.2) is 0 Å². The number of unbranched alkanes of at least 4 members (excludes halogenated alkanes) is 14. The van der Waals surface area contributed by atoms with E-state index in [1.165, 1.54) is 83.5 Å². The van der Waals surface area contributed by atoms with Crippen molar-refractivity contribution < 1.29 is 29.1 Å². The van der Waals surface area contributed by atoms with E-state index in [9.17, 15) is 4.79 Å². The molecule has 0 aromatic rings. The van der Waals surface area contributed by atoms with E-state index in [2.05, 4.69) is 6.92 Å². The third kappa shape index (κ3) is 39.9. The Balaban J connectivity index is 0. The Morgan fingerprint density at radius 1 is 0.600 bits per heavy atom. The Labute approximate surface area is 154 Å². The third-order valence-corrected chi connectivity index (χ3v) is 3.99. The summed E-state index contributed by atoms with van der Waals surface area (Å²) >= 11 is 0. The van der Waals surface area contributed by atoms with Crippen LogP contribution >= 0.6 is 0 Å². The number of carboxylic acids is 1. The summed E-state index contributed by atoms with van der Waals surface area (Å²) in [4.78, 5) is 39.6. The molecule has 0 aromatic carbocycles. The van der Waals surface area contributed by atoms with E-state index in [0.717, 1.165) is 12.8 Å². The quantitative estimate of drug-likeness (QED) is 0.206. The molecule has 6 nitrogen and oxygen atoms in total. The van der Waals surface area contributed by atoms with E-state index in [0.29, 0.717) is 6.42 Å². The van der Waals surface area contributed by atoms with Gasteiger partial charge < -0.3 is 24.3 Å². The van der Waals surface area contributed by atoms with E-state index >= 15 is 0 Å². The lowest BCUT2D eigenvalue weighted by atomic mass is 10.0. The monoisotopic (exact) mass is 380 g/mol. The Morgan fingerprint density at radius 2 is 0.840 bits per heavy atom. The highest BCUT2D eigenvalue weighted by molar-refractivity contribution is 6.46. The molecule has 7 heteroatoms. The van der Waals surface area contributed by atoms with Gasteiger partial charge in [-0.05, 0) is 6.42 Å². The molecule has 0 unspecified atom stereocenters. The fraction of sp³-hybridized carbons (Fsp3) is 0.944. The van der Waals surface area contributed by atoms with Crippen LogP contribution in [0.25, 0.3) is 0 Å². The predicted molar refractivity (Wildman–Crippen MR) is 102 cm³/mol. The van der Waals surface area contributed by atoms with E-state index in [1.54, 1.807) is 0 Å². The number of carboxylic acid groups (broad SMARTS) is 1. The summed E-state index contributed by atoms with van der Waals surface area (Å²) in [6.45, 7) is 2.27. The van der Waals surface area contributed by atoms with E-state index in [1.807, 2.05) is 0 Å². The SMILES string of the molecule is CCCCCCCCCCCCCCCCCC(=O)O.O[Si](O)(O)O. The van der Waals surface area contributed by atoms with Gasteiger partial charge in [-0.1, -0.05) is 96.8 Å². The van der Waals surface area contributed by atoms with Crippen LogP contribution in [0.3, 0.4) is 0 Å². The summed E-state index contributed by atoms with van der Waals surface area (Å²) in [6.07, 6.45) is 20.2. The fourth-order valence-electron chi connectivity index (χ4n) is 2.65. The zero-order valence-electron chi connectivity index (χ0n) is 16.0. The summed E-state index contributed by atoms with van der Waals surface area (Å²) < 4.78 is 0. The molecule has 0 spiro atoms. The Hall–Kier alpha value is -0.473. The molecule has 25 heavy (non-hydrogen) atoms. The van der Waals surface area contributed by atoms with Crippen molar-refractivity contribution in [1.29, 1.82) is 0 Å². The molecule has 0 amide bonds. The highest BCUT2D eigenvalue weighted by atomic mass is 28.4. The van der Waals surface area contributed by atoms with Crippen molar-refractivity contribution in [2.45, 2.75) is 110 Å². The second-order valence-corrected chi connectivity index (χ2v) is 7.89. The average molecular weight is 381 g/mol. The summed E-state index contributed by atoms with van der Waals surface area (Å²) in [7, 11) is -4.61. The maximum absolute atomic E-state index is 10.3. The summed E-state index contributed by atoms with van der Waals surface area (Å²) in [6, 6.07) is 0. The summed E-state index contributed by atoms with van der Waals surface area (Å²) in [5.41, 5.74) is 0. The number of rotatable bonds is 16. The zero-order valence-corrected chi connectivity index (χ0v) is 17.0. The molecule has 0 radical (unpaired) electrons. The standard InChI is InChI=1S/C18H36O2.H4O4Si/c1-2-3-4-5-6-7-8-9-10-11-12-13-14-15-16-17-18(19)20;1-5(2,3)4/h2-17H2,1H3,(H,19,20);1-4H. The molecule has 0 saturated carbocycles. The lowest BCUT2D eigenvalue weighted by molar-refractivity contribution is -0.137. The van der Waals surface area contributed by atoms with Gasteiger partial charge in [-0.25, -0.2) is 0 Å². The van der Waals surface area contributed by atoms with Crippen LogP contribution in [0.4, 0.5) is 0 Å². The van der Waals surface area contributed by atoms with Crippen LogP contribution < -0.4 is 0 Å². The third-order valence-electron chi connectivity index (χ3n) is 3.99. The maximum atomic E-state index is 10.3. The highest BCUT2D eigenvalue weighted by Gasteiger charge is 2.22. The summed E-state index contributed by atoms with van der Waals surface area (Å²) in [5, 5.41) is 8.52. The van der Waals surface area contributed by atoms with E-state index < -0.39 is 15.0 Å². The van der Waals surface area contributed by atoms with Crippen LogP contribution in [0.5, 0.6) is 0 Å². The van der Waals surface area contributed by atoms with E-state index in [4.69, 9.17) is 24.3 Å². The van der Waals surface area contributed by atoms with Crippen molar-refractivity contribution in [1.82, 2.24) is 0 Å². The van der Waals surface area contributed by atoms with Gasteiger partial charge in [0.05, 0.1) is 0 Å². The Bertz CT molecular complexity index is 275. The molecule has 5 N–H and O–H groups in total. The Kier molecular flexibility index (Phi) is 21.2. The first-order chi connectivity index (χ1) is 11.8. The Morgan fingerprint density at radius 3 is 1.08 bits per heavy atom. The molecule has 152 valence electrons. The molecule has 0 aliphatic heterocycles. The van der Waals surface area contributed by atoms with Gasteiger partial charge in [0, 0.05) is 6.42 Å². The minimum atomic E-state index is -4.61. The second kappa shape index (κ2) is 19.8. The largest absolute Gasteiger partial charge is 0.668 e. The number of hydrogen-bond donors (Lipinski definition) is 5. The number of aliphatic carboxylic acids is 1. The van der Waals surface area contributed by atoms with Gasteiger partial charge in [-0.2, -0.15) is 0 Å².